The van der Waals surface area contributed by atoms with Crippen LogP contribution < -0.4 is 15.4 Å². The normalized spacial score (nSPS) is 10.1. The van der Waals surface area contributed by atoms with Crippen LogP contribution in [0.1, 0.15) is 0 Å². The average molecular weight is 244 g/mol. The average Bonchev–Trinajstić information content (AvgIpc) is 2.39. The van der Waals surface area contributed by atoms with Crippen LogP contribution >= 0.6 is 0 Å². The van der Waals surface area contributed by atoms with Gasteiger partial charge in [0.1, 0.15) is 0 Å². The summed E-state index contributed by atoms with van der Waals surface area (Å²) in [7, 11) is 0. The molecule has 0 saturated carbocycles. The van der Waals surface area contributed by atoms with Gasteiger partial charge in [0.25, 0.3) is 0 Å². The van der Waals surface area contributed by atoms with Crippen LogP contribution in [0.25, 0.3) is 0 Å². The van der Waals surface area contributed by atoms with Crippen LogP contribution in [0.15, 0.2) is 54.9 Å². The number of para-hydroxylation sites is 2. The molecule has 92 valence electrons. The highest BCUT2D eigenvalue weighted by atomic mass is 16.5. The summed E-state index contributed by atoms with van der Waals surface area (Å²) in [6.07, 6.45) is 3.50. The molecule has 2 aromatic rings. The van der Waals surface area contributed by atoms with Crippen LogP contribution in [0, 0.1) is 0 Å². The van der Waals surface area contributed by atoms with Crippen LogP contribution in [-0.2, 0) is 11.3 Å². The molecular formula is C13H14N3O2+. The zero-order chi connectivity index (χ0) is 13.0. The number of nitrogens with zero attached hydrogens (tertiary/aromatic N) is 2. The van der Waals surface area contributed by atoms with Crippen molar-refractivity contribution in [1.29, 1.82) is 0 Å². The number of hydrogen-bond donors (Lipinski definition) is 2. The Morgan fingerprint density at radius 1 is 1.17 bits per heavy atom. The van der Waals surface area contributed by atoms with E-state index in [2.05, 4.69) is 0 Å². The quantitative estimate of drug-likeness (QED) is 0.366. The minimum absolute atomic E-state index is 0.0473. The van der Waals surface area contributed by atoms with Gasteiger partial charge in [0.2, 0.25) is 6.54 Å². The molecule has 1 aromatic carbocycles. The standard InChI is InChI=1S/C13H14N3O2/c14-11-6-2-3-7-12(11)16(18)13(17)10-15-8-4-1-5-9-15/h1-9,18H,10,14H2/q+1. The maximum Gasteiger partial charge on any atom is 0.316 e. The lowest BCUT2D eigenvalue weighted by atomic mass is 10.2. The van der Waals surface area contributed by atoms with Gasteiger partial charge >= 0.3 is 5.91 Å². The monoisotopic (exact) mass is 244 g/mol. The second-order valence-electron chi connectivity index (χ2n) is 3.81. The Labute approximate surface area is 105 Å². The van der Waals surface area contributed by atoms with Gasteiger partial charge < -0.3 is 5.73 Å². The van der Waals surface area contributed by atoms with E-state index in [0.717, 1.165) is 0 Å². The summed E-state index contributed by atoms with van der Waals surface area (Å²) in [6.45, 7) is 0.0473. The first-order valence-electron chi connectivity index (χ1n) is 5.49. The molecule has 1 aromatic heterocycles. The Morgan fingerprint density at radius 2 is 1.83 bits per heavy atom. The topological polar surface area (TPSA) is 70.4 Å². The Bertz CT molecular complexity index is 543. The van der Waals surface area contributed by atoms with Gasteiger partial charge in [0.05, 0.1) is 11.4 Å². The molecule has 0 aliphatic rings. The number of anilines is 2. The Morgan fingerprint density at radius 3 is 2.50 bits per heavy atom. The Hall–Kier alpha value is -2.40. The predicted octanol–water partition coefficient (Wildman–Crippen LogP) is 0.979. The third kappa shape index (κ3) is 2.64. The molecule has 5 nitrogen and oxygen atoms in total. The van der Waals surface area contributed by atoms with E-state index in [1.807, 2.05) is 18.2 Å². The lowest BCUT2D eigenvalue weighted by Crippen LogP contribution is -2.43. The predicted molar refractivity (Wildman–Crippen MR) is 66.8 cm³/mol. The first-order chi connectivity index (χ1) is 8.68. The molecule has 0 atom stereocenters. The van der Waals surface area contributed by atoms with Crippen LogP contribution in [-0.4, -0.2) is 11.1 Å². The van der Waals surface area contributed by atoms with Gasteiger partial charge in [-0.25, -0.2) is 0 Å². The highest BCUT2D eigenvalue weighted by Gasteiger charge is 2.19. The van der Waals surface area contributed by atoms with E-state index in [4.69, 9.17) is 5.73 Å². The number of rotatable bonds is 3. The number of aromatic nitrogens is 1. The van der Waals surface area contributed by atoms with Gasteiger partial charge in [-0.1, -0.05) is 18.2 Å². The van der Waals surface area contributed by atoms with Gasteiger partial charge in [-0.05, 0) is 12.1 Å². The van der Waals surface area contributed by atoms with Gasteiger partial charge in [-0.3, -0.25) is 10.0 Å². The number of carbonyl (C=O) groups excluding carboxylic acids is 1. The molecule has 0 fully saturated rings. The zero-order valence-corrected chi connectivity index (χ0v) is 9.73. The number of benzene rings is 1. The van der Waals surface area contributed by atoms with Gasteiger partial charge in [-0.15, -0.1) is 0 Å². The molecule has 0 saturated heterocycles. The second-order valence-corrected chi connectivity index (χ2v) is 3.81. The van der Waals surface area contributed by atoms with Crippen molar-refractivity contribution < 1.29 is 14.6 Å². The molecule has 0 aliphatic carbocycles. The van der Waals surface area contributed by atoms with Crippen molar-refractivity contribution in [3.8, 4) is 0 Å². The van der Waals surface area contributed by atoms with E-state index < -0.39 is 5.91 Å². The number of nitrogens with two attached hydrogens (primary N) is 1. The second kappa shape index (κ2) is 5.29. The van der Waals surface area contributed by atoms with Gasteiger partial charge in [0, 0.05) is 12.1 Å². The van der Waals surface area contributed by atoms with Crippen molar-refractivity contribution in [2.24, 2.45) is 0 Å². The minimum atomic E-state index is -0.455. The van der Waals surface area contributed by atoms with E-state index >= 15 is 0 Å². The van der Waals surface area contributed by atoms with E-state index in [1.165, 1.54) is 0 Å². The number of pyridine rings is 1. The van der Waals surface area contributed by atoms with Crippen molar-refractivity contribution in [2.45, 2.75) is 6.54 Å². The first-order valence-corrected chi connectivity index (χ1v) is 5.49. The summed E-state index contributed by atoms with van der Waals surface area (Å²) in [5.74, 6) is -0.455. The smallest absolute Gasteiger partial charge is 0.316 e. The number of amides is 1. The Kier molecular flexibility index (Phi) is 3.54. The van der Waals surface area contributed by atoms with Crippen molar-refractivity contribution >= 4 is 17.3 Å². The SMILES string of the molecule is Nc1ccccc1N(O)C(=O)C[n+]1ccccc1. The van der Waals surface area contributed by atoms with E-state index in [1.54, 1.807) is 41.2 Å². The lowest BCUT2D eigenvalue weighted by Gasteiger charge is -2.14. The third-order valence-electron chi connectivity index (χ3n) is 2.50. The number of nitrogen functional groups attached to an aromatic ring is 1. The minimum Gasteiger partial charge on any atom is -0.397 e. The maximum atomic E-state index is 11.9. The molecule has 0 spiro atoms. The maximum absolute atomic E-state index is 11.9. The molecule has 0 radical (unpaired) electrons. The fourth-order valence-electron chi connectivity index (χ4n) is 1.58. The zero-order valence-electron chi connectivity index (χ0n) is 9.73. The van der Waals surface area contributed by atoms with Crippen LogP contribution in [0.3, 0.4) is 0 Å². The van der Waals surface area contributed by atoms with E-state index in [-0.39, 0.29) is 6.54 Å². The Balaban J connectivity index is 2.13. The molecule has 0 aliphatic heterocycles. The highest BCUT2D eigenvalue weighted by molar-refractivity contribution is 5.93. The van der Waals surface area contributed by atoms with Crippen molar-refractivity contribution in [3.05, 3.63) is 54.9 Å². The van der Waals surface area contributed by atoms with Gasteiger partial charge in [-0.2, -0.15) is 9.63 Å². The lowest BCUT2D eigenvalue weighted by molar-refractivity contribution is -0.684. The van der Waals surface area contributed by atoms with Crippen LogP contribution in [0.4, 0.5) is 11.4 Å². The first kappa shape index (κ1) is 12.1. The molecule has 2 rings (SSSR count). The molecule has 1 amide bonds. The summed E-state index contributed by atoms with van der Waals surface area (Å²) in [4.78, 5) is 11.9. The molecular weight excluding hydrogens is 230 g/mol. The van der Waals surface area contributed by atoms with Crippen LogP contribution in [0.5, 0.6) is 0 Å². The number of hydroxylamine groups is 1. The van der Waals surface area contributed by atoms with Crippen molar-refractivity contribution in [3.63, 3.8) is 0 Å². The fourth-order valence-corrected chi connectivity index (χ4v) is 1.58. The molecule has 0 unspecified atom stereocenters. The fraction of sp³-hybridized carbons (Fsp3) is 0.0769. The van der Waals surface area contributed by atoms with Gasteiger partial charge in [0.15, 0.2) is 12.4 Å². The summed E-state index contributed by atoms with van der Waals surface area (Å²) >= 11 is 0. The summed E-state index contributed by atoms with van der Waals surface area (Å²) < 4.78 is 1.67. The molecule has 3 N–H and O–H groups in total. The van der Waals surface area contributed by atoms with E-state index in [0.29, 0.717) is 16.4 Å². The number of hydrogen-bond acceptors (Lipinski definition) is 3. The third-order valence-corrected chi connectivity index (χ3v) is 2.50. The van der Waals surface area contributed by atoms with E-state index in [9.17, 15) is 10.0 Å². The molecule has 0 bridgehead atoms. The van der Waals surface area contributed by atoms with Crippen LogP contribution in [0.2, 0.25) is 0 Å². The van der Waals surface area contributed by atoms with Crippen molar-refractivity contribution in [2.75, 3.05) is 10.8 Å². The summed E-state index contributed by atoms with van der Waals surface area (Å²) in [5, 5.41) is 10.4. The summed E-state index contributed by atoms with van der Waals surface area (Å²) in [5.41, 5.74) is 6.34. The molecule has 18 heavy (non-hydrogen) atoms. The molecule has 5 heteroatoms. The largest absolute Gasteiger partial charge is 0.397 e. The van der Waals surface area contributed by atoms with Crippen molar-refractivity contribution in [1.82, 2.24) is 0 Å². The number of carbonyl (C=O) groups is 1. The molecule has 1 heterocycles. The highest BCUT2D eigenvalue weighted by Crippen LogP contribution is 2.20. The summed E-state index contributed by atoms with van der Waals surface area (Å²) in [6, 6.07) is 12.1.